The van der Waals surface area contributed by atoms with Gasteiger partial charge in [-0.2, -0.15) is 0 Å². The van der Waals surface area contributed by atoms with Gasteiger partial charge in [-0.25, -0.2) is 4.98 Å². The maximum Gasteiger partial charge on any atom is 0.233 e. The van der Waals surface area contributed by atoms with Crippen LogP contribution in [0.4, 0.5) is 0 Å². The maximum atomic E-state index is 12.3. The molecule has 0 fully saturated rings. The molecule has 0 aliphatic rings. The van der Waals surface area contributed by atoms with Gasteiger partial charge in [0.05, 0.1) is 17.1 Å². The normalized spacial score (nSPS) is 11.9. The Morgan fingerprint density at radius 2 is 1.76 bits per heavy atom. The molecule has 0 bridgehead atoms. The second-order valence-electron chi connectivity index (χ2n) is 5.81. The quantitative estimate of drug-likeness (QED) is 0.686. The standard InChI is InChI=1S/C20H21N3OS/c1-15(19(24)21-13-16-9-5-3-6-10-16)25-20-22-14-18(23(20)2)17-11-7-4-8-12-17/h3-12,14-15H,13H2,1-2H3,(H,21,24). The SMILES string of the molecule is CC(Sc1ncc(-c2ccccc2)n1C)C(=O)NCc1ccccc1. The number of rotatable bonds is 6. The molecule has 5 heteroatoms. The largest absolute Gasteiger partial charge is 0.351 e. The Morgan fingerprint density at radius 3 is 2.44 bits per heavy atom. The molecule has 1 amide bonds. The van der Waals surface area contributed by atoms with Crippen molar-refractivity contribution in [2.45, 2.75) is 23.9 Å². The lowest BCUT2D eigenvalue weighted by atomic mass is 10.2. The van der Waals surface area contributed by atoms with Crippen LogP contribution in [0.25, 0.3) is 11.3 Å². The molecule has 1 unspecified atom stereocenters. The number of hydrogen-bond acceptors (Lipinski definition) is 3. The van der Waals surface area contributed by atoms with Gasteiger partial charge < -0.3 is 9.88 Å². The molecule has 25 heavy (non-hydrogen) atoms. The zero-order valence-corrected chi connectivity index (χ0v) is 15.2. The molecular weight excluding hydrogens is 330 g/mol. The topological polar surface area (TPSA) is 46.9 Å². The van der Waals surface area contributed by atoms with E-state index in [4.69, 9.17) is 0 Å². The molecule has 0 aliphatic carbocycles. The van der Waals surface area contributed by atoms with Gasteiger partial charge in [0.2, 0.25) is 5.91 Å². The maximum absolute atomic E-state index is 12.3. The van der Waals surface area contributed by atoms with Crippen LogP contribution >= 0.6 is 11.8 Å². The molecule has 3 aromatic rings. The van der Waals surface area contributed by atoms with Crippen LogP contribution in [0, 0.1) is 0 Å². The van der Waals surface area contributed by atoms with Crippen molar-refractivity contribution < 1.29 is 4.79 Å². The Labute approximate surface area is 152 Å². The average molecular weight is 351 g/mol. The summed E-state index contributed by atoms with van der Waals surface area (Å²) >= 11 is 1.47. The highest BCUT2D eigenvalue weighted by molar-refractivity contribution is 8.00. The summed E-state index contributed by atoms with van der Waals surface area (Å²) in [6, 6.07) is 20.0. The highest BCUT2D eigenvalue weighted by Gasteiger charge is 2.18. The summed E-state index contributed by atoms with van der Waals surface area (Å²) in [5.41, 5.74) is 3.25. The van der Waals surface area contributed by atoms with Crippen LogP contribution in [0.5, 0.6) is 0 Å². The van der Waals surface area contributed by atoms with Crippen LogP contribution in [0.15, 0.2) is 72.0 Å². The third-order valence-corrected chi connectivity index (χ3v) is 5.13. The minimum atomic E-state index is -0.214. The molecule has 0 spiro atoms. The van der Waals surface area contributed by atoms with Crippen molar-refractivity contribution in [1.82, 2.24) is 14.9 Å². The van der Waals surface area contributed by atoms with Gasteiger partial charge in [-0.05, 0) is 18.1 Å². The first kappa shape index (κ1) is 17.3. The Hall–Kier alpha value is -2.53. The lowest BCUT2D eigenvalue weighted by Gasteiger charge is -2.12. The van der Waals surface area contributed by atoms with Crippen molar-refractivity contribution in [1.29, 1.82) is 0 Å². The molecule has 0 saturated carbocycles. The van der Waals surface area contributed by atoms with E-state index in [0.29, 0.717) is 6.54 Å². The number of nitrogens with zero attached hydrogens (tertiary/aromatic N) is 2. The van der Waals surface area contributed by atoms with Gasteiger partial charge in [0.1, 0.15) is 0 Å². The fourth-order valence-corrected chi connectivity index (χ4v) is 3.40. The fourth-order valence-electron chi connectivity index (χ4n) is 2.52. The number of amides is 1. The van der Waals surface area contributed by atoms with Crippen LogP contribution in [-0.2, 0) is 18.4 Å². The highest BCUT2D eigenvalue weighted by atomic mass is 32.2. The Balaban J connectivity index is 1.62. The van der Waals surface area contributed by atoms with Crippen LogP contribution < -0.4 is 5.32 Å². The van der Waals surface area contributed by atoms with Crippen LogP contribution in [0.3, 0.4) is 0 Å². The Bertz CT molecular complexity index is 831. The van der Waals surface area contributed by atoms with E-state index in [2.05, 4.69) is 22.4 Å². The smallest absolute Gasteiger partial charge is 0.233 e. The van der Waals surface area contributed by atoms with E-state index < -0.39 is 0 Å². The summed E-state index contributed by atoms with van der Waals surface area (Å²) in [6.45, 7) is 2.45. The monoisotopic (exact) mass is 351 g/mol. The second-order valence-corrected chi connectivity index (χ2v) is 7.12. The number of aromatic nitrogens is 2. The highest BCUT2D eigenvalue weighted by Crippen LogP contribution is 2.27. The van der Waals surface area contributed by atoms with Gasteiger partial charge in [-0.3, -0.25) is 4.79 Å². The van der Waals surface area contributed by atoms with Crippen molar-refractivity contribution in [2.75, 3.05) is 0 Å². The summed E-state index contributed by atoms with van der Waals surface area (Å²) < 4.78 is 2.03. The zero-order chi connectivity index (χ0) is 17.6. The summed E-state index contributed by atoms with van der Waals surface area (Å²) in [6.07, 6.45) is 1.85. The molecule has 1 aromatic heterocycles. The van der Waals surface area contributed by atoms with E-state index in [0.717, 1.165) is 22.0 Å². The predicted octanol–water partition coefficient (Wildman–Crippen LogP) is 3.88. The van der Waals surface area contributed by atoms with E-state index >= 15 is 0 Å². The minimum absolute atomic E-state index is 0.0121. The summed E-state index contributed by atoms with van der Waals surface area (Å²) in [7, 11) is 1.98. The predicted molar refractivity (Wildman–Crippen MR) is 102 cm³/mol. The lowest BCUT2D eigenvalue weighted by molar-refractivity contribution is -0.120. The number of carbonyl (C=O) groups excluding carboxylic acids is 1. The van der Waals surface area contributed by atoms with Gasteiger partial charge in [0.25, 0.3) is 0 Å². The third-order valence-electron chi connectivity index (χ3n) is 3.98. The van der Waals surface area contributed by atoms with E-state index in [-0.39, 0.29) is 11.2 Å². The van der Waals surface area contributed by atoms with Gasteiger partial charge in [0, 0.05) is 13.6 Å². The molecular formula is C20H21N3OS. The van der Waals surface area contributed by atoms with Crippen molar-refractivity contribution >= 4 is 17.7 Å². The number of carbonyl (C=O) groups is 1. The molecule has 2 aromatic carbocycles. The fraction of sp³-hybridized carbons (Fsp3) is 0.200. The summed E-state index contributed by atoms with van der Waals surface area (Å²) in [5.74, 6) is 0.0121. The minimum Gasteiger partial charge on any atom is -0.351 e. The van der Waals surface area contributed by atoms with Gasteiger partial charge in [-0.15, -0.1) is 0 Å². The number of nitrogens with one attached hydrogen (secondary N) is 1. The van der Waals surface area contributed by atoms with Crippen molar-refractivity contribution in [3.8, 4) is 11.3 Å². The molecule has 1 atom stereocenters. The van der Waals surface area contributed by atoms with Crippen molar-refractivity contribution in [2.24, 2.45) is 7.05 Å². The molecule has 1 N–H and O–H groups in total. The molecule has 3 rings (SSSR count). The first-order chi connectivity index (χ1) is 12.1. The molecule has 0 radical (unpaired) electrons. The third kappa shape index (κ3) is 4.31. The van der Waals surface area contributed by atoms with E-state index in [1.54, 1.807) is 0 Å². The molecule has 128 valence electrons. The van der Waals surface area contributed by atoms with Crippen molar-refractivity contribution in [3.63, 3.8) is 0 Å². The zero-order valence-electron chi connectivity index (χ0n) is 14.3. The van der Waals surface area contributed by atoms with Gasteiger partial charge in [-0.1, -0.05) is 72.4 Å². The van der Waals surface area contributed by atoms with Crippen LogP contribution in [0.1, 0.15) is 12.5 Å². The van der Waals surface area contributed by atoms with Gasteiger partial charge in [0.15, 0.2) is 5.16 Å². The summed E-state index contributed by atoms with van der Waals surface area (Å²) in [4.78, 5) is 16.8. The van der Waals surface area contributed by atoms with Crippen LogP contribution in [-0.4, -0.2) is 20.7 Å². The molecule has 1 heterocycles. The van der Waals surface area contributed by atoms with Crippen molar-refractivity contribution in [3.05, 3.63) is 72.4 Å². The number of hydrogen-bond donors (Lipinski definition) is 1. The first-order valence-electron chi connectivity index (χ1n) is 8.20. The van der Waals surface area contributed by atoms with Gasteiger partial charge >= 0.3 is 0 Å². The lowest BCUT2D eigenvalue weighted by Crippen LogP contribution is -2.30. The Kier molecular flexibility index (Phi) is 5.56. The van der Waals surface area contributed by atoms with Crippen LogP contribution in [0.2, 0.25) is 0 Å². The first-order valence-corrected chi connectivity index (χ1v) is 9.08. The van der Waals surface area contributed by atoms with E-state index in [9.17, 15) is 4.79 Å². The number of benzene rings is 2. The van der Waals surface area contributed by atoms with E-state index in [1.807, 2.05) is 73.3 Å². The average Bonchev–Trinajstić information content (AvgIpc) is 3.01. The Morgan fingerprint density at radius 1 is 1.12 bits per heavy atom. The second kappa shape index (κ2) is 8.03. The molecule has 0 aliphatic heterocycles. The molecule has 0 saturated heterocycles. The summed E-state index contributed by atoms with van der Waals surface area (Å²) in [5, 5.41) is 3.60. The van der Waals surface area contributed by atoms with E-state index in [1.165, 1.54) is 11.8 Å². The number of thioether (sulfide) groups is 1. The number of imidazole rings is 1. The molecule has 4 nitrogen and oxygen atoms in total.